The van der Waals surface area contributed by atoms with Crippen LogP contribution in [0.4, 0.5) is 5.69 Å². The maximum atomic E-state index is 12.7. The molecule has 0 aliphatic heterocycles. The van der Waals surface area contributed by atoms with Crippen LogP contribution in [0.25, 0.3) is 0 Å². The average molecular weight is 432 g/mol. The van der Waals surface area contributed by atoms with Crippen molar-refractivity contribution < 1.29 is 9.59 Å². The summed E-state index contributed by atoms with van der Waals surface area (Å²) < 4.78 is 2.16. The summed E-state index contributed by atoms with van der Waals surface area (Å²) in [6.45, 7) is 8.53. The Hall–Kier alpha value is -2.19. The van der Waals surface area contributed by atoms with Crippen molar-refractivity contribution in [2.75, 3.05) is 19.4 Å². The van der Waals surface area contributed by atoms with E-state index in [-0.39, 0.29) is 23.0 Å². The molecule has 0 radical (unpaired) electrons. The van der Waals surface area contributed by atoms with Gasteiger partial charge >= 0.3 is 0 Å². The molecule has 2 aromatic rings. The number of Topliss-reactive ketones (excluding diaryl/α,β-unsaturated/α-hetero) is 1. The first kappa shape index (κ1) is 24.1. The fraction of sp³-hybridized carbons (Fsp3) is 0.545. The minimum atomic E-state index is -0.339. The second-order valence-corrected chi connectivity index (χ2v) is 8.92. The van der Waals surface area contributed by atoms with Gasteiger partial charge in [-0.3, -0.25) is 14.5 Å². The van der Waals surface area contributed by atoms with Gasteiger partial charge in [0.1, 0.15) is 0 Å². The van der Waals surface area contributed by atoms with Crippen molar-refractivity contribution in [1.82, 2.24) is 19.7 Å². The number of benzene rings is 1. The molecule has 0 bridgehead atoms. The van der Waals surface area contributed by atoms with Crippen LogP contribution in [0.5, 0.6) is 0 Å². The molecular weight excluding hydrogens is 398 g/mol. The number of hydrogen-bond donors (Lipinski definition) is 1. The first-order valence-corrected chi connectivity index (χ1v) is 11.3. The van der Waals surface area contributed by atoms with Crippen LogP contribution in [0.2, 0.25) is 0 Å². The average Bonchev–Trinajstić information content (AvgIpc) is 3.09. The van der Waals surface area contributed by atoms with Crippen LogP contribution in [0.15, 0.2) is 29.4 Å². The fourth-order valence-corrected chi connectivity index (χ4v) is 4.06. The number of nitrogens with zero attached hydrogens (tertiary/aromatic N) is 4. The number of carbonyl (C=O) groups excluding carboxylic acids is 2. The monoisotopic (exact) mass is 431 g/mol. The molecule has 164 valence electrons. The largest absolute Gasteiger partial charge is 0.325 e. The van der Waals surface area contributed by atoms with E-state index in [0.29, 0.717) is 11.3 Å². The van der Waals surface area contributed by atoms with Gasteiger partial charge in [-0.2, -0.15) is 0 Å². The van der Waals surface area contributed by atoms with E-state index >= 15 is 0 Å². The number of carbonyl (C=O) groups is 2. The minimum Gasteiger partial charge on any atom is -0.325 e. The Bertz CT molecular complexity index is 848. The van der Waals surface area contributed by atoms with Crippen LogP contribution in [0.1, 0.15) is 69.2 Å². The molecule has 7 nitrogen and oxygen atoms in total. The number of nitrogens with one attached hydrogen (secondary N) is 1. The zero-order chi connectivity index (χ0) is 22.3. The Kier molecular flexibility index (Phi) is 9.05. The van der Waals surface area contributed by atoms with Crippen molar-refractivity contribution in [3.63, 3.8) is 0 Å². The Morgan fingerprint density at radius 3 is 2.37 bits per heavy atom. The van der Waals surface area contributed by atoms with Crippen LogP contribution < -0.4 is 5.32 Å². The lowest BCUT2D eigenvalue weighted by Gasteiger charge is -2.23. The molecule has 0 saturated carbocycles. The molecule has 1 aromatic heterocycles. The van der Waals surface area contributed by atoms with Crippen LogP contribution >= 0.6 is 11.8 Å². The number of rotatable bonds is 11. The van der Waals surface area contributed by atoms with Gasteiger partial charge in [-0.1, -0.05) is 32.0 Å². The third-order valence-electron chi connectivity index (χ3n) is 5.00. The van der Waals surface area contributed by atoms with Crippen molar-refractivity contribution in [2.24, 2.45) is 0 Å². The molecule has 2 rings (SSSR count). The van der Waals surface area contributed by atoms with E-state index in [9.17, 15) is 9.59 Å². The predicted octanol–water partition coefficient (Wildman–Crippen LogP) is 4.41. The highest BCUT2D eigenvalue weighted by atomic mass is 32.2. The second kappa shape index (κ2) is 11.3. The smallest absolute Gasteiger partial charge is 0.237 e. The van der Waals surface area contributed by atoms with E-state index in [4.69, 9.17) is 0 Å². The Balaban J connectivity index is 2.14. The van der Waals surface area contributed by atoms with Gasteiger partial charge < -0.3 is 9.88 Å². The summed E-state index contributed by atoms with van der Waals surface area (Å²) in [4.78, 5) is 26.3. The van der Waals surface area contributed by atoms with Crippen LogP contribution in [-0.2, 0) is 11.3 Å². The van der Waals surface area contributed by atoms with E-state index < -0.39 is 0 Å². The van der Waals surface area contributed by atoms with E-state index in [0.717, 1.165) is 36.8 Å². The van der Waals surface area contributed by atoms with Crippen molar-refractivity contribution in [2.45, 2.75) is 70.0 Å². The molecule has 0 aliphatic rings. The number of unbranched alkanes of at least 4 members (excludes halogenated alkanes) is 1. The number of ketones is 1. The summed E-state index contributed by atoms with van der Waals surface area (Å²) >= 11 is 1.42. The van der Waals surface area contributed by atoms with Crippen LogP contribution in [0, 0.1) is 0 Å². The summed E-state index contributed by atoms with van der Waals surface area (Å²) in [5.41, 5.74) is 1.29. The van der Waals surface area contributed by atoms with Crippen molar-refractivity contribution >= 4 is 29.1 Å². The fourth-order valence-electron chi connectivity index (χ4n) is 3.18. The summed E-state index contributed by atoms with van der Waals surface area (Å²) in [6, 6.07) is 7.12. The Morgan fingerprint density at radius 1 is 1.17 bits per heavy atom. The van der Waals surface area contributed by atoms with Gasteiger partial charge in [0.05, 0.1) is 11.3 Å². The Morgan fingerprint density at radius 2 is 1.83 bits per heavy atom. The Labute approximate surface area is 183 Å². The van der Waals surface area contributed by atoms with Gasteiger partial charge in [0.2, 0.25) is 5.91 Å². The van der Waals surface area contributed by atoms with Crippen molar-refractivity contribution in [3.8, 4) is 0 Å². The summed E-state index contributed by atoms with van der Waals surface area (Å²) in [5.74, 6) is 0.842. The number of anilines is 1. The first-order chi connectivity index (χ1) is 14.3. The molecule has 0 fully saturated rings. The van der Waals surface area contributed by atoms with Crippen LogP contribution in [0.3, 0.4) is 0 Å². The molecule has 1 N–H and O–H groups in total. The molecule has 1 amide bonds. The SMILES string of the molecule is CCCCn1c(S[C@H](C)C(=O)Nc2ccc(C(C)=O)cc2)nnc1[C@H](CC)N(C)C. The molecule has 0 aliphatic carbocycles. The number of thioether (sulfide) groups is 1. The van der Waals surface area contributed by atoms with Gasteiger partial charge in [0, 0.05) is 17.8 Å². The number of aromatic nitrogens is 3. The molecule has 0 unspecified atom stereocenters. The van der Waals surface area contributed by atoms with Gasteiger partial charge in [-0.15, -0.1) is 10.2 Å². The molecule has 8 heteroatoms. The molecule has 30 heavy (non-hydrogen) atoms. The lowest BCUT2D eigenvalue weighted by molar-refractivity contribution is -0.115. The van der Waals surface area contributed by atoms with E-state index in [1.165, 1.54) is 18.7 Å². The highest BCUT2D eigenvalue weighted by Crippen LogP contribution is 2.28. The van der Waals surface area contributed by atoms with E-state index in [2.05, 4.69) is 38.8 Å². The van der Waals surface area contributed by atoms with Gasteiger partial charge in [-0.25, -0.2) is 0 Å². The zero-order valence-corrected chi connectivity index (χ0v) is 19.6. The molecule has 2 atom stereocenters. The molecular formula is C22H33N5O2S. The summed E-state index contributed by atoms with van der Waals surface area (Å²) in [5, 5.41) is 12.2. The maximum Gasteiger partial charge on any atom is 0.237 e. The summed E-state index contributed by atoms with van der Waals surface area (Å²) in [7, 11) is 4.10. The minimum absolute atomic E-state index is 0.00197. The summed E-state index contributed by atoms with van der Waals surface area (Å²) in [6.07, 6.45) is 3.05. The molecule has 1 aromatic carbocycles. The van der Waals surface area contributed by atoms with Crippen molar-refractivity contribution in [3.05, 3.63) is 35.7 Å². The normalized spacial score (nSPS) is 13.3. The van der Waals surface area contributed by atoms with E-state index in [1.807, 2.05) is 21.0 Å². The topological polar surface area (TPSA) is 80.1 Å². The highest BCUT2D eigenvalue weighted by molar-refractivity contribution is 8.00. The van der Waals surface area contributed by atoms with Crippen molar-refractivity contribution in [1.29, 1.82) is 0 Å². The highest BCUT2D eigenvalue weighted by Gasteiger charge is 2.24. The van der Waals surface area contributed by atoms with Gasteiger partial charge in [0.25, 0.3) is 0 Å². The van der Waals surface area contributed by atoms with Gasteiger partial charge in [0.15, 0.2) is 16.8 Å². The molecule has 1 heterocycles. The zero-order valence-electron chi connectivity index (χ0n) is 18.8. The first-order valence-electron chi connectivity index (χ1n) is 10.5. The molecule has 0 saturated heterocycles. The lowest BCUT2D eigenvalue weighted by atomic mass is 10.1. The van der Waals surface area contributed by atoms with Gasteiger partial charge in [-0.05, 0) is 65.0 Å². The lowest BCUT2D eigenvalue weighted by Crippen LogP contribution is -2.24. The maximum absolute atomic E-state index is 12.7. The number of amides is 1. The van der Waals surface area contributed by atoms with Crippen LogP contribution in [-0.4, -0.2) is 50.7 Å². The third-order valence-corrected chi connectivity index (χ3v) is 6.08. The second-order valence-electron chi connectivity index (χ2n) is 7.62. The standard InChI is InChI=1S/C22H33N5O2S/c1-7-9-14-27-20(19(8-2)26(5)6)24-25-22(27)30-16(4)21(29)23-18-12-10-17(11-13-18)15(3)28/h10-13,16,19H,7-9,14H2,1-6H3,(H,23,29)/t16-,19+/m1/s1. The number of hydrogen-bond acceptors (Lipinski definition) is 6. The predicted molar refractivity (Wildman–Crippen MR) is 122 cm³/mol. The molecule has 0 spiro atoms. The van der Waals surface area contributed by atoms with E-state index in [1.54, 1.807) is 24.3 Å². The quantitative estimate of drug-likeness (QED) is 0.419. The third kappa shape index (κ3) is 6.15.